The van der Waals surface area contributed by atoms with Gasteiger partial charge in [0, 0.05) is 13.2 Å². The highest BCUT2D eigenvalue weighted by molar-refractivity contribution is 5.95. The van der Waals surface area contributed by atoms with Crippen LogP contribution in [0.2, 0.25) is 0 Å². The lowest BCUT2D eigenvalue weighted by molar-refractivity contribution is 0.0683. The number of carbonyl (C=O) groups is 1. The minimum atomic E-state index is -0.0287. The van der Waals surface area contributed by atoms with E-state index in [4.69, 9.17) is 9.15 Å². The lowest BCUT2D eigenvalue weighted by atomic mass is 10.3. The van der Waals surface area contributed by atoms with Crippen LogP contribution in [0.4, 0.5) is 0 Å². The van der Waals surface area contributed by atoms with E-state index in [1.165, 1.54) is 0 Å². The van der Waals surface area contributed by atoms with Crippen LogP contribution in [-0.2, 0) is 18.4 Å². The number of aryl methyl sites for hydroxylation is 1. The summed E-state index contributed by atoms with van der Waals surface area (Å²) in [4.78, 5) is 11.7. The van der Waals surface area contributed by atoms with Crippen molar-refractivity contribution in [2.75, 3.05) is 6.61 Å². The second-order valence-electron chi connectivity index (χ2n) is 3.50. The van der Waals surface area contributed by atoms with Crippen LogP contribution in [0.1, 0.15) is 16.2 Å². The number of ether oxygens (including phenoxy) is 1. The van der Waals surface area contributed by atoms with Crippen LogP contribution in [0, 0.1) is 0 Å². The summed E-state index contributed by atoms with van der Waals surface area (Å²) in [5.74, 6) is 0.693. The van der Waals surface area contributed by atoms with Crippen molar-refractivity contribution in [1.82, 2.24) is 4.57 Å². The lowest BCUT2D eigenvalue weighted by Crippen LogP contribution is -2.12. The maximum Gasteiger partial charge on any atom is 0.204 e. The largest absolute Gasteiger partial charge is 0.467 e. The molecule has 0 unspecified atom stereocenters. The van der Waals surface area contributed by atoms with Crippen molar-refractivity contribution in [2.24, 2.45) is 7.05 Å². The van der Waals surface area contributed by atoms with Gasteiger partial charge in [-0.1, -0.05) is 0 Å². The zero-order valence-corrected chi connectivity index (χ0v) is 9.05. The molecule has 0 amide bonds. The number of carbonyl (C=O) groups excluding carboxylic acids is 1. The molecular formula is C12H13NO3. The van der Waals surface area contributed by atoms with E-state index in [1.54, 1.807) is 23.0 Å². The molecule has 0 aliphatic carbocycles. The van der Waals surface area contributed by atoms with E-state index in [0.717, 1.165) is 5.76 Å². The molecule has 0 aromatic carbocycles. The first-order valence-corrected chi connectivity index (χ1v) is 5.02. The van der Waals surface area contributed by atoms with Crippen molar-refractivity contribution in [1.29, 1.82) is 0 Å². The summed E-state index contributed by atoms with van der Waals surface area (Å²) in [5.41, 5.74) is 0.652. The van der Waals surface area contributed by atoms with E-state index in [1.807, 2.05) is 25.4 Å². The van der Waals surface area contributed by atoms with Gasteiger partial charge in [0.25, 0.3) is 0 Å². The minimum Gasteiger partial charge on any atom is -0.467 e. The molecule has 2 aromatic rings. The van der Waals surface area contributed by atoms with Crippen molar-refractivity contribution >= 4 is 5.78 Å². The molecule has 0 fully saturated rings. The van der Waals surface area contributed by atoms with Gasteiger partial charge in [-0.2, -0.15) is 0 Å². The molecular weight excluding hydrogens is 206 g/mol. The Morgan fingerprint density at radius 3 is 2.94 bits per heavy atom. The Morgan fingerprint density at radius 2 is 2.31 bits per heavy atom. The van der Waals surface area contributed by atoms with Gasteiger partial charge in [-0.05, 0) is 24.3 Å². The van der Waals surface area contributed by atoms with Crippen LogP contribution in [-0.4, -0.2) is 17.0 Å². The van der Waals surface area contributed by atoms with Crippen molar-refractivity contribution in [2.45, 2.75) is 6.61 Å². The van der Waals surface area contributed by atoms with E-state index in [9.17, 15) is 4.79 Å². The average molecular weight is 219 g/mol. The molecule has 2 heterocycles. The fourth-order valence-corrected chi connectivity index (χ4v) is 1.46. The van der Waals surface area contributed by atoms with E-state index >= 15 is 0 Å². The number of hydrogen-bond donors (Lipinski definition) is 0. The molecule has 4 heteroatoms. The first kappa shape index (κ1) is 10.7. The zero-order chi connectivity index (χ0) is 11.4. The number of nitrogens with zero attached hydrogens (tertiary/aromatic N) is 1. The van der Waals surface area contributed by atoms with E-state index in [2.05, 4.69) is 0 Å². The van der Waals surface area contributed by atoms with Gasteiger partial charge in [-0.15, -0.1) is 0 Å². The van der Waals surface area contributed by atoms with Crippen molar-refractivity contribution in [3.05, 3.63) is 48.2 Å². The van der Waals surface area contributed by atoms with Crippen LogP contribution in [0.25, 0.3) is 0 Å². The zero-order valence-electron chi connectivity index (χ0n) is 9.05. The monoisotopic (exact) mass is 219 g/mol. The van der Waals surface area contributed by atoms with Crippen molar-refractivity contribution < 1.29 is 13.9 Å². The van der Waals surface area contributed by atoms with Crippen LogP contribution >= 0.6 is 0 Å². The Hall–Kier alpha value is -1.81. The van der Waals surface area contributed by atoms with Crippen molar-refractivity contribution in [3.63, 3.8) is 0 Å². The third-order valence-corrected chi connectivity index (χ3v) is 2.29. The van der Waals surface area contributed by atoms with Gasteiger partial charge in [0.15, 0.2) is 0 Å². The van der Waals surface area contributed by atoms with Crippen LogP contribution in [0.15, 0.2) is 41.1 Å². The number of furan rings is 1. The molecule has 2 rings (SSSR count). The molecule has 0 aliphatic heterocycles. The Labute approximate surface area is 93.4 Å². The number of rotatable bonds is 5. The SMILES string of the molecule is Cn1cccc1C(=O)COCc1ccco1. The Kier molecular flexibility index (Phi) is 3.22. The normalized spacial score (nSPS) is 10.6. The summed E-state index contributed by atoms with van der Waals surface area (Å²) >= 11 is 0. The first-order valence-electron chi connectivity index (χ1n) is 5.02. The van der Waals surface area contributed by atoms with Gasteiger partial charge in [-0.25, -0.2) is 0 Å². The quantitative estimate of drug-likeness (QED) is 0.722. The molecule has 0 bridgehead atoms. The molecule has 0 atom stereocenters. The summed E-state index contributed by atoms with van der Waals surface area (Å²) in [6.07, 6.45) is 3.41. The summed E-state index contributed by atoms with van der Waals surface area (Å²) in [6, 6.07) is 7.21. The van der Waals surface area contributed by atoms with Gasteiger partial charge in [0.1, 0.15) is 19.0 Å². The van der Waals surface area contributed by atoms with Gasteiger partial charge in [0.2, 0.25) is 5.78 Å². The van der Waals surface area contributed by atoms with Crippen LogP contribution < -0.4 is 0 Å². The van der Waals surface area contributed by atoms with Crippen molar-refractivity contribution in [3.8, 4) is 0 Å². The molecule has 0 spiro atoms. The van der Waals surface area contributed by atoms with E-state index in [-0.39, 0.29) is 12.4 Å². The molecule has 84 valence electrons. The van der Waals surface area contributed by atoms with Gasteiger partial charge >= 0.3 is 0 Å². The smallest absolute Gasteiger partial charge is 0.204 e. The highest BCUT2D eigenvalue weighted by Gasteiger charge is 2.09. The number of Topliss-reactive ketones (excluding diaryl/α,β-unsaturated/α-hetero) is 1. The molecule has 0 saturated carbocycles. The Morgan fingerprint density at radius 1 is 1.44 bits per heavy atom. The van der Waals surface area contributed by atoms with Crippen LogP contribution in [0.3, 0.4) is 0 Å². The van der Waals surface area contributed by atoms with Gasteiger partial charge in [-0.3, -0.25) is 4.79 Å². The third-order valence-electron chi connectivity index (χ3n) is 2.29. The lowest BCUT2D eigenvalue weighted by Gasteiger charge is -2.03. The molecule has 16 heavy (non-hydrogen) atoms. The molecule has 0 saturated heterocycles. The standard InChI is InChI=1S/C12H13NO3/c1-13-6-2-5-11(13)12(14)9-15-8-10-4-3-7-16-10/h2-7H,8-9H2,1H3. The van der Waals surface area contributed by atoms with Gasteiger partial charge in [0.05, 0.1) is 12.0 Å². The molecule has 2 aromatic heterocycles. The topological polar surface area (TPSA) is 44.4 Å². The fourth-order valence-electron chi connectivity index (χ4n) is 1.46. The third kappa shape index (κ3) is 2.41. The molecule has 0 aliphatic rings. The van der Waals surface area contributed by atoms with E-state index in [0.29, 0.717) is 12.3 Å². The molecule has 0 N–H and O–H groups in total. The Bertz CT molecular complexity index is 456. The minimum absolute atomic E-state index is 0.0287. The summed E-state index contributed by atoms with van der Waals surface area (Å²) < 4.78 is 12.1. The molecule has 4 nitrogen and oxygen atoms in total. The highest BCUT2D eigenvalue weighted by Crippen LogP contribution is 2.04. The number of aromatic nitrogens is 1. The molecule has 0 radical (unpaired) electrons. The summed E-state index contributed by atoms with van der Waals surface area (Å²) in [5, 5.41) is 0. The van der Waals surface area contributed by atoms with Gasteiger partial charge < -0.3 is 13.7 Å². The number of hydrogen-bond acceptors (Lipinski definition) is 3. The summed E-state index contributed by atoms with van der Waals surface area (Å²) in [6.45, 7) is 0.391. The maximum absolute atomic E-state index is 11.7. The fraction of sp³-hybridized carbons (Fsp3) is 0.250. The maximum atomic E-state index is 11.7. The van der Waals surface area contributed by atoms with Crippen LogP contribution in [0.5, 0.6) is 0 Å². The second kappa shape index (κ2) is 4.81. The van der Waals surface area contributed by atoms with E-state index < -0.39 is 0 Å². The Balaban J connectivity index is 1.83. The predicted molar refractivity (Wildman–Crippen MR) is 58.1 cm³/mol. The first-order chi connectivity index (χ1) is 7.77. The highest BCUT2D eigenvalue weighted by atomic mass is 16.5. The summed E-state index contributed by atoms with van der Waals surface area (Å²) in [7, 11) is 1.83. The predicted octanol–water partition coefficient (Wildman–Crippen LogP) is 2.02. The average Bonchev–Trinajstić information content (AvgIpc) is 2.88. The second-order valence-corrected chi connectivity index (χ2v) is 3.50. The number of ketones is 1.